The van der Waals surface area contributed by atoms with E-state index in [1.807, 2.05) is 6.92 Å². The molecule has 28 heavy (non-hydrogen) atoms. The minimum absolute atomic E-state index is 0.148. The first kappa shape index (κ1) is 19.9. The molecule has 0 atom stereocenters. The lowest BCUT2D eigenvalue weighted by Gasteiger charge is -2.10. The number of carbonyl (C=O) groups is 1. The van der Waals surface area contributed by atoms with E-state index in [0.29, 0.717) is 33.7 Å². The van der Waals surface area contributed by atoms with Crippen LogP contribution in [0, 0.1) is 24.0 Å². The number of halogens is 2. The molecule has 0 saturated heterocycles. The van der Waals surface area contributed by atoms with Crippen LogP contribution in [-0.2, 0) is 6.54 Å². The van der Waals surface area contributed by atoms with E-state index >= 15 is 0 Å². The van der Waals surface area contributed by atoms with Crippen LogP contribution in [0.15, 0.2) is 42.5 Å². The molecular formula is C19H16Cl2N4O3. The molecule has 144 valence electrons. The molecule has 2 aromatic carbocycles. The second kappa shape index (κ2) is 8.00. The van der Waals surface area contributed by atoms with E-state index in [0.717, 1.165) is 5.56 Å². The Morgan fingerprint density at radius 1 is 1.18 bits per heavy atom. The average molecular weight is 419 g/mol. The molecule has 1 amide bonds. The minimum atomic E-state index is -0.543. The van der Waals surface area contributed by atoms with Gasteiger partial charge in [0.15, 0.2) is 0 Å². The minimum Gasteiger partial charge on any atom is -0.319 e. The topological polar surface area (TPSA) is 90.1 Å². The maximum Gasteiger partial charge on any atom is 0.270 e. The Hall–Kier alpha value is -2.90. The third kappa shape index (κ3) is 4.00. The number of aromatic nitrogens is 2. The summed E-state index contributed by atoms with van der Waals surface area (Å²) in [5.74, 6) is -0.453. The first-order valence-electron chi connectivity index (χ1n) is 8.30. The lowest BCUT2D eigenvalue weighted by molar-refractivity contribution is -0.384. The number of hydrogen-bond acceptors (Lipinski definition) is 4. The Bertz CT molecular complexity index is 1060. The number of benzene rings is 2. The second-order valence-corrected chi connectivity index (χ2v) is 6.98. The summed E-state index contributed by atoms with van der Waals surface area (Å²) < 4.78 is 1.70. The molecule has 0 spiro atoms. The standard InChI is InChI=1S/C19H16Cl2N4O3/c1-11-18(22-19(26)13-5-3-6-14(9-13)25(27)28)12(2)24(23-11)10-15-16(20)7-4-8-17(15)21/h3-9H,10H2,1-2H3,(H,22,26). The molecule has 0 fully saturated rings. The van der Waals surface area contributed by atoms with Gasteiger partial charge < -0.3 is 5.32 Å². The highest BCUT2D eigenvalue weighted by Crippen LogP contribution is 2.28. The number of aryl methyl sites for hydroxylation is 1. The van der Waals surface area contributed by atoms with Crippen molar-refractivity contribution < 1.29 is 9.72 Å². The fraction of sp³-hybridized carbons (Fsp3) is 0.158. The molecule has 0 radical (unpaired) electrons. The number of anilines is 1. The summed E-state index contributed by atoms with van der Waals surface area (Å²) in [5, 5.41) is 19.2. The Balaban J connectivity index is 1.87. The zero-order valence-electron chi connectivity index (χ0n) is 15.1. The third-order valence-electron chi connectivity index (χ3n) is 4.31. The highest BCUT2D eigenvalue weighted by atomic mass is 35.5. The van der Waals surface area contributed by atoms with Crippen molar-refractivity contribution in [2.24, 2.45) is 0 Å². The van der Waals surface area contributed by atoms with Crippen LogP contribution in [0.2, 0.25) is 10.0 Å². The molecule has 7 nitrogen and oxygen atoms in total. The predicted molar refractivity (Wildman–Crippen MR) is 108 cm³/mol. The molecule has 0 aliphatic carbocycles. The molecular weight excluding hydrogens is 403 g/mol. The van der Waals surface area contributed by atoms with Crippen molar-refractivity contribution in [2.45, 2.75) is 20.4 Å². The molecule has 9 heteroatoms. The fourth-order valence-electron chi connectivity index (χ4n) is 2.81. The van der Waals surface area contributed by atoms with Crippen molar-refractivity contribution in [1.82, 2.24) is 9.78 Å². The van der Waals surface area contributed by atoms with Gasteiger partial charge in [-0.1, -0.05) is 35.3 Å². The number of nitrogens with zero attached hydrogens (tertiary/aromatic N) is 3. The van der Waals surface area contributed by atoms with E-state index in [1.54, 1.807) is 29.8 Å². The second-order valence-electron chi connectivity index (χ2n) is 6.17. The molecule has 1 aromatic heterocycles. The number of nitro benzene ring substituents is 1. The molecule has 1 heterocycles. The van der Waals surface area contributed by atoms with E-state index in [4.69, 9.17) is 23.2 Å². The summed E-state index contributed by atoms with van der Waals surface area (Å²) in [6.45, 7) is 3.92. The van der Waals surface area contributed by atoms with E-state index in [9.17, 15) is 14.9 Å². The van der Waals surface area contributed by atoms with Gasteiger partial charge in [-0.2, -0.15) is 5.10 Å². The third-order valence-corrected chi connectivity index (χ3v) is 5.02. The number of hydrogen-bond donors (Lipinski definition) is 1. The summed E-state index contributed by atoms with van der Waals surface area (Å²) in [5.41, 5.74) is 2.64. The summed E-state index contributed by atoms with van der Waals surface area (Å²) in [6, 6.07) is 10.8. The van der Waals surface area contributed by atoms with Crippen molar-refractivity contribution in [3.8, 4) is 0 Å². The zero-order chi connectivity index (χ0) is 20.4. The van der Waals surface area contributed by atoms with Crippen molar-refractivity contribution in [1.29, 1.82) is 0 Å². The lowest BCUT2D eigenvalue weighted by Crippen LogP contribution is -2.13. The van der Waals surface area contributed by atoms with Crippen molar-refractivity contribution in [3.05, 3.63) is 85.1 Å². The molecule has 0 unspecified atom stereocenters. The predicted octanol–water partition coefficient (Wildman–Crippen LogP) is 5.02. The van der Waals surface area contributed by atoms with Gasteiger partial charge in [-0.05, 0) is 32.0 Å². The van der Waals surface area contributed by atoms with Crippen LogP contribution < -0.4 is 5.32 Å². The number of amides is 1. The van der Waals surface area contributed by atoms with Crippen molar-refractivity contribution >= 4 is 40.5 Å². The smallest absolute Gasteiger partial charge is 0.270 e. The van der Waals surface area contributed by atoms with Gasteiger partial charge in [0.05, 0.1) is 28.5 Å². The van der Waals surface area contributed by atoms with Crippen LogP contribution in [0.3, 0.4) is 0 Å². The Morgan fingerprint density at radius 2 is 1.82 bits per heavy atom. The first-order chi connectivity index (χ1) is 13.3. The molecule has 0 aliphatic rings. The average Bonchev–Trinajstić information content (AvgIpc) is 2.92. The van der Waals surface area contributed by atoms with Gasteiger partial charge >= 0.3 is 0 Å². The zero-order valence-corrected chi connectivity index (χ0v) is 16.6. The van der Waals surface area contributed by atoms with Gasteiger partial charge in [0.2, 0.25) is 0 Å². The molecule has 3 rings (SSSR count). The summed E-state index contributed by atoms with van der Waals surface area (Å²) in [6.07, 6.45) is 0. The van der Waals surface area contributed by atoms with Gasteiger partial charge in [-0.25, -0.2) is 0 Å². The summed E-state index contributed by atoms with van der Waals surface area (Å²) in [4.78, 5) is 22.9. The lowest BCUT2D eigenvalue weighted by atomic mass is 10.2. The number of carbonyl (C=O) groups excluding carboxylic acids is 1. The van der Waals surface area contributed by atoms with Crippen LogP contribution in [0.1, 0.15) is 27.3 Å². The van der Waals surface area contributed by atoms with Crippen LogP contribution in [0.25, 0.3) is 0 Å². The Morgan fingerprint density at radius 3 is 2.46 bits per heavy atom. The summed E-state index contributed by atoms with van der Waals surface area (Å²) in [7, 11) is 0. The van der Waals surface area contributed by atoms with Gasteiger partial charge in [0.1, 0.15) is 0 Å². The SMILES string of the molecule is Cc1nn(Cc2c(Cl)cccc2Cl)c(C)c1NC(=O)c1cccc([N+](=O)[O-])c1. The van der Waals surface area contributed by atoms with Crippen LogP contribution in [-0.4, -0.2) is 20.6 Å². The quantitative estimate of drug-likeness (QED) is 0.465. The fourth-order valence-corrected chi connectivity index (χ4v) is 3.33. The molecule has 3 aromatic rings. The maximum absolute atomic E-state index is 12.6. The van der Waals surface area contributed by atoms with Crippen LogP contribution in [0.4, 0.5) is 11.4 Å². The van der Waals surface area contributed by atoms with Crippen LogP contribution in [0.5, 0.6) is 0 Å². The van der Waals surface area contributed by atoms with Gasteiger partial charge in [0, 0.05) is 33.3 Å². The van der Waals surface area contributed by atoms with E-state index < -0.39 is 10.8 Å². The van der Waals surface area contributed by atoms with Crippen molar-refractivity contribution in [3.63, 3.8) is 0 Å². The maximum atomic E-state index is 12.6. The number of nitro groups is 1. The van der Waals surface area contributed by atoms with Gasteiger partial charge in [0.25, 0.3) is 11.6 Å². The molecule has 0 aliphatic heterocycles. The highest BCUT2D eigenvalue weighted by Gasteiger charge is 2.18. The van der Waals surface area contributed by atoms with E-state index in [-0.39, 0.29) is 11.3 Å². The summed E-state index contributed by atoms with van der Waals surface area (Å²) >= 11 is 12.5. The number of rotatable bonds is 5. The van der Waals surface area contributed by atoms with E-state index in [1.165, 1.54) is 24.3 Å². The van der Waals surface area contributed by atoms with Gasteiger partial charge in [-0.15, -0.1) is 0 Å². The highest BCUT2D eigenvalue weighted by molar-refractivity contribution is 6.36. The van der Waals surface area contributed by atoms with Gasteiger partial charge in [-0.3, -0.25) is 19.6 Å². The monoisotopic (exact) mass is 418 g/mol. The Labute approximate surface area is 171 Å². The first-order valence-corrected chi connectivity index (χ1v) is 9.06. The molecule has 0 bridgehead atoms. The van der Waals surface area contributed by atoms with E-state index in [2.05, 4.69) is 10.4 Å². The number of non-ortho nitro benzene ring substituents is 1. The number of nitrogens with one attached hydrogen (secondary N) is 1. The Kier molecular flexibility index (Phi) is 5.67. The largest absolute Gasteiger partial charge is 0.319 e. The molecule has 0 saturated carbocycles. The normalized spacial score (nSPS) is 10.7. The molecule has 1 N–H and O–H groups in total. The van der Waals surface area contributed by atoms with Crippen molar-refractivity contribution in [2.75, 3.05) is 5.32 Å². The van der Waals surface area contributed by atoms with Crippen LogP contribution >= 0.6 is 23.2 Å².